The van der Waals surface area contributed by atoms with Gasteiger partial charge >= 0.3 is 29.6 Å². The average Bonchev–Trinajstić information content (AvgIpc) is 2.71. The summed E-state index contributed by atoms with van der Waals surface area (Å²) in [6.45, 7) is -0.423. The van der Waals surface area contributed by atoms with Crippen LogP contribution in [-0.2, 0) is 10.1 Å². The first-order valence-corrected chi connectivity index (χ1v) is 10.2. The maximum absolute atomic E-state index is 10.6. The van der Waals surface area contributed by atoms with Crippen molar-refractivity contribution in [1.82, 2.24) is 15.0 Å². The first-order chi connectivity index (χ1) is 14.2. The number of phenolic OH excluding ortho intramolecular Hbond substituents is 1. The Bertz CT molecular complexity index is 1130. The van der Waals surface area contributed by atoms with Gasteiger partial charge in [0.2, 0.25) is 0 Å². The number of aliphatic hydroxyl groups is 1. The Kier molecular flexibility index (Phi) is 8.74. The Balaban J connectivity index is 0.00000341. The number of rotatable bonds is 8. The standard InChI is InChI=1S/C19H19N3O7S.Na/c1-28-14-4-2-12(3-5-14)18-20-11-21-19(22-18)16-7-6-15(8-17(16)24)29-9-13(23)10-30(25,26)27;/h2-8,11,13,23-24H,9-10H2,1H3,(H,25,26,27);/q;+1/p-1. The molecular weight excluding hydrogens is 437 g/mol. The van der Waals surface area contributed by atoms with Gasteiger partial charge in [0.25, 0.3) is 0 Å². The first-order valence-electron chi connectivity index (χ1n) is 8.66. The van der Waals surface area contributed by atoms with Gasteiger partial charge in [-0.15, -0.1) is 0 Å². The number of methoxy groups -OCH3 is 1. The molecule has 0 radical (unpaired) electrons. The van der Waals surface area contributed by atoms with Gasteiger partial charge in [-0.1, -0.05) is 0 Å². The Morgan fingerprint density at radius 3 is 2.32 bits per heavy atom. The van der Waals surface area contributed by atoms with E-state index in [1.807, 2.05) is 0 Å². The number of phenols is 1. The van der Waals surface area contributed by atoms with Crippen molar-refractivity contribution in [2.24, 2.45) is 0 Å². The third-order valence-corrected chi connectivity index (χ3v) is 4.76. The van der Waals surface area contributed by atoms with Crippen molar-refractivity contribution < 1.29 is 62.2 Å². The minimum atomic E-state index is -4.57. The van der Waals surface area contributed by atoms with Crippen LogP contribution in [0.5, 0.6) is 17.2 Å². The number of hydrogen-bond acceptors (Lipinski definition) is 10. The Labute approximate surface area is 201 Å². The summed E-state index contributed by atoms with van der Waals surface area (Å²) < 4.78 is 42.2. The van der Waals surface area contributed by atoms with Crippen LogP contribution in [0.1, 0.15) is 0 Å². The van der Waals surface area contributed by atoms with E-state index in [1.54, 1.807) is 31.4 Å². The SMILES string of the molecule is COc1ccc(-c2ncnc(-c3ccc(OCC(O)CS(=O)(=O)[O-])cc3O)n2)cc1.[Na+]. The van der Waals surface area contributed by atoms with Gasteiger partial charge in [0.05, 0.1) is 28.5 Å². The van der Waals surface area contributed by atoms with E-state index >= 15 is 0 Å². The molecule has 0 aliphatic carbocycles. The summed E-state index contributed by atoms with van der Waals surface area (Å²) in [7, 11) is -3.00. The van der Waals surface area contributed by atoms with Crippen molar-refractivity contribution in [3.05, 3.63) is 48.8 Å². The van der Waals surface area contributed by atoms with E-state index in [0.717, 1.165) is 5.56 Å². The van der Waals surface area contributed by atoms with Gasteiger partial charge in [0.15, 0.2) is 11.6 Å². The van der Waals surface area contributed by atoms with Crippen LogP contribution in [0.15, 0.2) is 48.8 Å². The minimum absolute atomic E-state index is 0. The molecule has 0 spiro atoms. The summed E-state index contributed by atoms with van der Waals surface area (Å²) in [6, 6.07) is 11.4. The Hall–Kier alpha value is -2.28. The largest absolute Gasteiger partial charge is 1.00 e. The van der Waals surface area contributed by atoms with E-state index in [1.165, 1.54) is 24.5 Å². The predicted molar refractivity (Wildman–Crippen MR) is 105 cm³/mol. The third-order valence-electron chi connectivity index (χ3n) is 3.97. The molecule has 3 rings (SSSR count). The van der Waals surface area contributed by atoms with E-state index < -0.39 is 28.6 Å². The van der Waals surface area contributed by atoms with Crippen molar-refractivity contribution in [3.8, 4) is 40.0 Å². The van der Waals surface area contributed by atoms with Gasteiger partial charge < -0.3 is 24.2 Å². The van der Waals surface area contributed by atoms with Gasteiger partial charge in [0.1, 0.15) is 36.3 Å². The molecule has 0 saturated heterocycles. The predicted octanol–water partition coefficient (Wildman–Crippen LogP) is -1.79. The van der Waals surface area contributed by atoms with Gasteiger partial charge in [-0.05, 0) is 36.4 Å². The number of aromatic hydroxyl groups is 1. The molecule has 10 nitrogen and oxygen atoms in total. The molecule has 2 N–H and O–H groups in total. The molecule has 31 heavy (non-hydrogen) atoms. The van der Waals surface area contributed by atoms with Crippen molar-refractivity contribution in [2.75, 3.05) is 19.5 Å². The Morgan fingerprint density at radius 1 is 1.06 bits per heavy atom. The van der Waals surface area contributed by atoms with E-state index in [9.17, 15) is 23.2 Å². The maximum atomic E-state index is 10.6. The monoisotopic (exact) mass is 455 g/mol. The van der Waals surface area contributed by atoms with Gasteiger partial charge in [-0.25, -0.2) is 23.4 Å². The minimum Gasteiger partial charge on any atom is -0.748 e. The van der Waals surface area contributed by atoms with E-state index in [4.69, 9.17) is 9.47 Å². The second kappa shape index (κ2) is 10.8. The zero-order valence-electron chi connectivity index (χ0n) is 16.8. The quantitative estimate of drug-likeness (QED) is 0.294. The van der Waals surface area contributed by atoms with Gasteiger partial charge in [0, 0.05) is 11.6 Å². The zero-order valence-corrected chi connectivity index (χ0v) is 19.6. The van der Waals surface area contributed by atoms with Crippen LogP contribution >= 0.6 is 0 Å². The third kappa shape index (κ3) is 7.13. The molecule has 0 amide bonds. The molecule has 12 heteroatoms. The van der Waals surface area contributed by atoms with Crippen molar-refractivity contribution in [2.45, 2.75) is 6.10 Å². The van der Waals surface area contributed by atoms with Crippen molar-refractivity contribution in [3.63, 3.8) is 0 Å². The van der Waals surface area contributed by atoms with E-state index in [0.29, 0.717) is 17.1 Å². The molecule has 1 aromatic heterocycles. The topological polar surface area (TPSA) is 155 Å². The molecule has 1 heterocycles. The first kappa shape index (κ1) is 25.0. The van der Waals surface area contributed by atoms with Crippen LogP contribution in [0.25, 0.3) is 22.8 Å². The Morgan fingerprint density at radius 2 is 1.71 bits per heavy atom. The number of aliphatic hydroxyl groups excluding tert-OH is 1. The number of nitrogens with zero attached hydrogens (tertiary/aromatic N) is 3. The molecule has 0 aliphatic rings. The molecule has 3 aromatic rings. The molecule has 0 aliphatic heterocycles. The summed E-state index contributed by atoms with van der Waals surface area (Å²) in [6.07, 6.45) is -0.157. The van der Waals surface area contributed by atoms with Gasteiger partial charge in [-0.3, -0.25) is 0 Å². The number of hydrogen-bond donors (Lipinski definition) is 2. The molecule has 1 atom stereocenters. The number of benzene rings is 2. The fourth-order valence-electron chi connectivity index (χ4n) is 2.57. The summed E-state index contributed by atoms with van der Waals surface area (Å²) >= 11 is 0. The number of ether oxygens (including phenoxy) is 2. The maximum Gasteiger partial charge on any atom is 1.00 e. The van der Waals surface area contributed by atoms with Crippen molar-refractivity contribution in [1.29, 1.82) is 0 Å². The van der Waals surface area contributed by atoms with Crippen LogP contribution in [0.3, 0.4) is 0 Å². The van der Waals surface area contributed by atoms with Gasteiger partial charge in [-0.2, -0.15) is 0 Å². The number of aromatic nitrogens is 3. The molecule has 1 unspecified atom stereocenters. The summed E-state index contributed by atoms with van der Waals surface area (Å²) in [5, 5.41) is 19.8. The van der Waals surface area contributed by atoms with E-state index in [-0.39, 0.29) is 46.9 Å². The van der Waals surface area contributed by atoms with E-state index in [2.05, 4.69) is 15.0 Å². The molecule has 0 saturated carbocycles. The smallest absolute Gasteiger partial charge is 0.748 e. The molecule has 158 valence electrons. The zero-order chi connectivity index (χ0) is 21.7. The fourth-order valence-corrected chi connectivity index (χ4v) is 3.14. The normalized spacial score (nSPS) is 12.0. The van der Waals surface area contributed by atoms with Crippen LogP contribution in [0, 0.1) is 0 Å². The fraction of sp³-hybridized carbons (Fsp3) is 0.211. The summed E-state index contributed by atoms with van der Waals surface area (Å²) in [4.78, 5) is 12.6. The van der Waals surface area contributed by atoms with Crippen LogP contribution < -0.4 is 39.0 Å². The van der Waals surface area contributed by atoms with Crippen LogP contribution in [0.4, 0.5) is 0 Å². The van der Waals surface area contributed by atoms with Crippen molar-refractivity contribution >= 4 is 10.1 Å². The molecule has 0 fully saturated rings. The second-order valence-electron chi connectivity index (χ2n) is 6.23. The van der Waals surface area contributed by atoms with Crippen LogP contribution in [0.2, 0.25) is 0 Å². The molecule has 0 bridgehead atoms. The second-order valence-corrected chi connectivity index (χ2v) is 7.68. The molecular formula is C19H18N3NaO7S. The van der Waals surface area contributed by atoms with Crippen LogP contribution in [-0.4, -0.2) is 63.7 Å². The summed E-state index contributed by atoms with van der Waals surface area (Å²) in [5.41, 5.74) is 1.06. The average molecular weight is 455 g/mol. The molecule has 2 aromatic carbocycles. The summed E-state index contributed by atoms with van der Waals surface area (Å²) in [5.74, 6) is 0.352.